The molecule has 3 rings (SSSR count). The van der Waals surface area contributed by atoms with Gasteiger partial charge in [-0.2, -0.15) is 0 Å². The van der Waals surface area contributed by atoms with Crippen molar-refractivity contribution in [3.8, 4) is 17.3 Å². The highest BCUT2D eigenvalue weighted by Crippen LogP contribution is 2.22. The van der Waals surface area contributed by atoms with E-state index in [1.54, 1.807) is 25.3 Å². The van der Waals surface area contributed by atoms with E-state index in [0.717, 1.165) is 5.56 Å². The van der Waals surface area contributed by atoms with Crippen LogP contribution in [0.15, 0.2) is 53.1 Å². The molecular formula is C19H18N2O4. The summed E-state index contributed by atoms with van der Waals surface area (Å²) in [5.41, 5.74) is 1.73. The van der Waals surface area contributed by atoms with Gasteiger partial charge in [0.05, 0.1) is 6.61 Å². The molecule has 0 aliphatic heterocycles. The number of aryl methyl sites for hydroxylation is 1. The first-order chi connectivity index (χ1) is 12.2. The molecule has 0 aliphatic rings. The number of oxazole rings is 1. The van der Waals surface area contributed by atoms with Crippen molar-refractivity contribution in [1.82, 2.24) is 9.97 Å². The minimum atomic E-state index is -0.514. The Labute approximate surface area is 145 Å². The Balaban J connectivity index is 1.72. The topological polar surface area (TPSA) is 74.5 Å². The van der Waals surface area contributed by atoms with E-state index in [4.69, 9.17) is 13.9 Å². The molecule has 3 aromatic rings. The zero-order valence-electron chi connectivity index (χ0n) is 14.1. The molecule has 0 unspecified atom stereocenters. The van der Waals surface area contributed by atoms with Crippen LogP contribution >= 0.6 is 0 Å². The maximum Gasteiger partial charge on any atom is 0.344 e. The van der Waals surface area contributed by atoms with Crippen molar-refractivity contribution in [2.45, 2.75) is 20.5 Å². The van der Waals surface area contributed by atoms with E-state index in [1.165, 1.54) is 0 Å². The lowest BCUT2D eigenvalue weighted by Crippen LogP contribution is -2.09. The number of aromatic nitrogens is 2. The van der Waals surface area contributed by atoms with Crippen LogP contribution < -0.4 is 4.74 Å². The molecule has 0 saturated heterocycles. The largest absolute Gasteiger partial charge is 0.477 e. The predicted octanol–water partition coefficient (Wildman–Crippen LogP) is 3.80. The minimum Gasteiger partial charge on any atom is -0.477 e. The van der Waals surface area contributed by atoms with Crippen molar-refractivity contribution >= 4 is 5.97 Å². The molecule has 128 valence electrons. The van der Waals surface area contributed by atoms with Gasteiger partial charge in [0.1, 0.15) is 23.6 Å². The lowest BCUT2D eigenvalue weighted by Gasteiger charge is -2.08. The number of carbonyl (C=O) groups is 1. The van der Waals surface area contributed by atoms with Crippen LogP contribution in [0.3, 0.4) is 0 Å². The number of pyridine rings is 1. The van der Waals surface area contributed by atoms with Gasteiger partial charge in [0.15, 0.2) is 0 Å². The molecule has 0 bridgehead atoms. The molecule has 2 aromatic heterocycles. The molecule has 0 saturated carbocycles. The van der Waals surface area contributed by atoms with Gasteiger partial charge in [-0.15, -0.1) is 0 Å². The highest BCUT2D eigenvalue weighted by atomic mass is 16.5. The van der Waals surface area contributed by atoms with Crippen molar-refractivity contribution in [1.29, 1.82) is 0 Å². The molecule has 6 nitrogen and oxygen atoms in total. The zero-order chi connectivity index (χ0) is 17.6. The average Bonchev–Trinajstić information content (AvgIpc) is 3.02. The van der Waals surface area contributed by atoms with Gasteiger partial charge < -0.3 is 13.9 Å². The van der Waals surface area contributed by atoms with Crippen LogP contribution in [0, 0.1) is 6.92 Å². The smallest absolute Gasteiger partial charge is 0.344 e. The summed E-state index contributed by atoms with van der Waals surface area (Å²) in [5, 5.41) is 0. The van der Waals surface area contributed by atoms with Crippen molar-refractivity contribution < 1.29 is 18.7 Å². The van der Waals surface area contributed by atoms with E-state index in [2.05, 4.69) is 9.97 Å². The lowest BCUT2D eigenvalue weighted by molar-refractivity contribution is 0.0461. The van der Waals surface area contributed by atoms with Crippen molar-refractivity contribution in [3.63, 3.8) is 0 Å². The molecule has 0 radical (unpaired) electrons. The lowest BCUT2D eigenvalue weighted by atomic mass is 10.2. The highest BCUT2D eigenvalue weighted by Gasteiger charge is 2.17. The van der Waals surface area contributed by atoms with Crippen molar-refractivity contribution in [2.75, 3.05) is 6.61 Å². The second-order valence-corrected chi connectivity index (χ2v) is 5.25. The Morgan fingerprint density at radius 1 is 1.16 bits per heavy atom. The summed E-state index contributed by atoms with van der Waals surface area (Å²) in [6, 6.07) is 12.8. The Hall–Kier alpha value is -3.15. The third kappa shape index (κ3) is 3.85. The highest BCUT2D eigenvalue weighted by molar-refractivity contribution is 5.91. The van der Waals surface area contributed by atoms with Gasteiger partial charge >= 0.3 is 5.97 Å². The maximum absolute atomic E-state index is 12.3. The van der Waals surface area contributed by atoms with Crippen molar-refractivity contribution in [3.05, 3.63) is 65.7 Å². The quantitative estimate of drug-likeness (QED) is 0.636. The van der Waals surface area contributed by atoms with Gasteiger partial charge in [0.2, 0.25) is 11.8 Å². The number of ether oxygens (including phenoxy) is 2. The van der Waals surface area contributed by atoms with Gasteiger partial charge in [-0.05, 0) is 38.1 Å². The van der Waals surface area contributed by atoms with Crippen LogP contribution in [0.5, 0.6) is 5.88 Å². The monoisotopic (exact) mass is 338 g/mol. The molecule has 2 heterocycles. The van der Waals surface area contributed by atoms with E-state index in [9.17, 15) is 4.79 Å². The second-order valence-electron chi connectivity index (χ2n) is 5.25. The third-order valence-corrected chi connectivity index (χ3v) is 3.53. The molecule has 0 amide bonds. The van der Waals surface area contributed by atoms with Gasteiger partial charge in [-0.25, -0.2) is 14.8 Å². The Morgan fingerprint density at radius 3 is 2.72 bits per heavy atom. The SMILES string of the molecule is CCOc1ncccc1C(=O)OCc1nc(-c2ccccc2)oc1C. The molecule has 25 heavy (non-hydrogen) atoms. The van der Waals surface area contributed by atoms with E-state index in [-0.39, 0.29) is 18.1 Å². The summed E-state index contributed by atoms with van der Waals surface area (Å²) in [4.78, 5) is 20.8. The van der Waals surface area contributed by atoms with Crippen molar-refractivity contribution in [2.24, 2.45) is 0 Å². The zero-order valence-corrected chi connectivity index (χ0v) is 14.1. The summed E-state index contributed by atoms with van der Waals surface area (Å²) in [7, 11) is 0. The minimum absolute atomic E-state index is 0.0153. The predicted molar refractivity (Wildman–Crippen MR) is 91.2 cm³/mol. The van der Waals surface area contributed by atoms with E-state index in [0.29, 0.717) is 24.0 Å². The molecule has 0 atom stereocenters. The van der Waals surface area contributed by atoms with Crippen LogP contribution in [0.4, 0.5) is 0 Å². The Morgan fingerprint density at radius 2 is 1.96 bits per heavy atom. The fourth-order valence-corrected chi connectivity index (χ4v) is 2.28. The van der Waals surface area contributed by atoms with Gasteiger partial charge in [-0.3, -0.25) is 0 Å². The molecule has 1 aromatic carbocycles. The van der Waals surface area contributed by atoms with Crippen LogP contribution in [0.25, 0.3) is 11.5 Å². The average molecular weight is 338 g/mol. The number of rotatable bonds is 6. The molecule has 0 spiro atoms. The fraction of sp³-hybridized carbons (Fsp3) is 0.211. The number of benzene rings is 1. The van der Waals surface area contributed by atoms with Gasteiger partial charge in [-0.1, -0.05) is 18.2 Å². The number of esters is 1. The number of carbonyl (C=O) groups excluding carboxylic acids is 1. The van der Waals surface area contributed by atoms with E-state index in [1.807, 2.05) is 37.3 Å². The van der Waals surface area contributed by atoms with Crippen LogP contribution in [0.1, 0.15) is 28.7 Å². The molecular weight excluding hydrogens is 320 g/mol. The molecule has 6 heteroatoms. The number of nitrogens with zero attached hydrogens (tertiary/aromatic N) is 2. The standard InChI is InChI=1S/C19H18N2O4/c1-3-23-18-15(10-7-11-20-18)19(22)24-12-16-13(2)25-17(21-16)14-8-5-4-6-9-14/h4-11H,3,12H2,1-2H3. The molecule has 0 N–H and O–H groups in total. The van der Waals surface area contributed by atoms with E-state index >= 15 is 0 Å². The normalized spacial score (nSPS) is 10.5. The maximum atomic E-state index is 12.3. The first kappa shape index (κ1) is 16.7. The second kappa shape index (κ2) is 7.61. The van der Waals surface area contributed by atoms with Gasteiger partial charge in [0, 0.05) is 11.8 Å². The Kier molecular flexibility index (Phi) is 5.09. The number of hydrogen-bond acceptors (Lipinski definition) is 6. The van der Waals surface area contributed by atoms with Crippen LogP contribution in [-0.2, 0) is 11.3 Å². The fourth-order valence-electron chi connectivity index (χ4n) is 2.28. The first-order valence-corrected chi connectivity index (χ1v) is 7.95. The van der Waals surface area contributed by atoms with Crippen LogP contribution in [0.2, 0.25) is 0 Å². The summed E-state index contributed by atoms with van der Waals surface area (Å²) in [5.74, 6) is 0.862. The Bertz CT molecular complexity index is 859. The van der Waals surface area contributed by atoms with Crippen LogP contribution in [-0.4, -0.2) is 22.5 Å². The van der Waals surface area contributed by atoms with Gasteiger partial charge in [0.25, 0.3) is 0 Å². The first-order valence-electron chi connectivity index (χ1n) is 7.95. The third-order valence-electron chi connectivity index (χ3n) is 3.53. The number of hydrogen-bond donors (Lipinski definition) is 0. The summed E-state index contributed by atoms with van der Waals surface area (Å²) in [6.45, 7) is 4.05. The van der Waals surface area contributed by atoms with E-state index < -0.39 is 5.97 Å². The molecule has 0 aliphatic carbocycles. The summed E-state index contributed by atoms with van der Waals surface area (Å²) in [6.07, 6.45) is 1.57. The summed E-state index contributed by atoms with van der Waals surface area (Å²) < 4.78 is 16.4. The summed E-state index contributed by atoms with van der Waals surface area (Å²) >= 11 is 0. The molecule has 0 fully saturated rings.